The minimum Gasteiger partial charge on any atom is -0.371 e. The fourth-order valence-corrected chi connectivity index (χ4v) is 22.4. The van der Waals surface area contributed by atoms with Crippen molar-refractivity contribution >= 4 is 171 Å². The van der Waals surface area contributed by atoms with Gasteiger partial charge in [-0.15, -0.1) is 0 Å². The van der Waals surface area contributed by atoms with Gasteiger partial charge < -0.3 is 52.1 Å². The first-order valence-corrected chi connectivity index (χ1v) is 57.7. The summed E-state index contributed by atoms with van der Waals surface area (Å²) in [4.78, 5) is 86.1. The van der Waals surface area contributed by atoms with E-state index in [9.17, 15) is 92.5 Å². The highest BCUT2D eigenvalue weighted by atomic mass is 32.3. The number of nitrogens with zero attached hydrogens (tertiary/aromatic N) is 5. The average Bonchev–Trinajstić information content (AvgIpc) is 0.766. The number of benzene rings is 9. The second-order valence-electron chi connectivity index (χ2n) is 36.6. The predicted molar refractivity (Wildman–Crippen MR) is 569 cm³/mol. The molecule has 0 radical (unpaired) electrons. The second-order valence-corrected chi connectivity index (χ2v) is 44.6. The minimum absolute atomic E-state index is 0.00726. The number of hydrogen-bond donors (Lipinski definition) is 7. The van der Waals surface area contributed by atoms with Gasteiger partial charge in [-0.05, 0) is 286 Å². The molecule has 5 heterocycles. The molecule has 14 N–H and O–H groups in total. The van der Waals surface area contributed by atoms with E-state index in [1.165, 1.54) is 73.4 Å². The molecule has 9 aromatic carbocycles. The third kappa shape index (κ3) is 28.1. The van der Waals surface area contributed by atoms with Crippen LogP contribution in [0.1, 0.15) is 171 Å². The quantitative estimate of drug-likeness (QED) is 0.0370. The van der Waals surface area contributed by atoms with Crippen molar-refractivity contribution in [3.05, 3.63) is 294 Å². The normalized spacial score (nSPS) is 14.8. The number of rotatable bonds is 15. The summed E-state index contributed by atoms with van der Waals surface area (Å²) in [6, 6.07) is 45.3. The Morgan fingerprint density at radius 1 is 0.268 bits per heavy atom. The van der Waals surface area contributed by atoms with E-state index in [0.29, 0.717) is 39.5 Å². The fraction of sp³-hybridized carbons (Fsp3) is 0.304. The molecule has 5 aromatic heterocycles. The first-order valence-electron chi connectivity index (χ1n) is 47.4. The lowest BCUT2D eigenvalue weighted by Crippen LogP contribution is -2.25. The average molecular weight is 2180 g/mol. The standard InChI is InChI=1S/C18H18N2O4S.C17H22N2O4S.C16H20N2O4S.C15H18N2O4S.C15H14N2O4S.C11H11NO4S.C10H9NO4S/c1-20-16-10-12(24-25(19,22)23)7-9-14(16)15-8-6-11-4-2-3-5-13(11)17(15)18(20)21;1-19-16-11-12(23-24(18,21)22)9-10-14(16)13-7-5-3-2-4-6-8-15(13)17(19)20;1-18-15-10-11(22-23(17,20)21)8-9-13(15)12-6-4-2-3-5-7-14(12)16(18)19;1-17-14-9-10(21-22(16,19)20)7-8-12(14)11-5-3-2-4-6-13(11)15(17)18;1-2-17-14-9-10(21-22(16,19)20)7-8-12(14)11-5-3-4-6-13(11)15(17)18;1-7-4-9(13)5-8-6-10(2-3-11(7)8)16-17(12,14)15;11-16(13,14)15-10-4-2-7-1-3-9(12)5-8(7)6-10/h6-10H,2-5H2,1H3,(H2,19,22,23);9-11H,2-8H2,1H3,(H2,18,21,22);8-10H,2-7H2,1H3,(H2,17,20,21);7-9H,2-6H2,1H3,(H2,16,19,20);3-9H,2H2,1H3,(H2,16,19,20);2-4,6H,5H2,1H3,(H2,12,14,15);1-4,6H,5H2,(H2,11,13,14). The maximum Gasteiger partial charge on any atom is 0.380 e. The summed E-state index contributed by atoms with van der Waals surface area (Å²) in [5.41, 5.74) is 15.4. The van der Waals surface area contributed by atoms with Crippen LogP contribution in [0.2, 0.25) is 0 Å². The van der Waals surface area contributed by atoms with Gasteiger partial charge in [-0.3, -0.25) is 33.6 Å². The van der Waals surface area contributed by atoms with E-state index < -0.39 is 72.1 Å². The zero-order valence-electron chi connectivity index (χ0n) is 82.1. The number of carbonyl (C=O) groups excluding carboxylic acids is 2. The molecular weight excluding hydrogens is 2070 g/mol. The predicted octanol–water partition coefficient (Wildman–Crippen LogP) is 10.5. The third-order valence-corrected chi connectivity index (χ3v) is 29.1. The number of aromatic nitrogens is 5. The molecule has 0 aliphatic heterocycles. The largest absolute Gasteiger partial charge is 0.380 e. The van der Waals surface area contributed by atoms with Gasteiger partial charge in [0.15, 0.2) is 11.6 Å². The Morgan fingerprint density at radius 3 is 0.980 bits per heavy atom. The summed E-state index contributed by atoms with van der Waals surface area (Å²) in [7, 11) is -21.7. The number of hydrogen-bond acceptors (Lipinski definition) is 28. The smallest absolute Gasteiger partial charge is 0.371 e. The summed E-state index contributed by atoms with van der Waals surface area (Å²) in [6.45, 7) is 4.14. The molecule has 790 valence electrons. The molecule has 0 spiro atoms. The van der Waals surface area contributed by atoms with Crippen molar-refractivity contribution in [2.75, 3.05) is 0 Å². The SMILES string of the molecule is CC1=CC(=O)Cc2cc(OS(N)(=O)=O)ccc21.CCn1c(=O)c2ccccc2c2ccc(OS(N)(=O)=O)cc21.Cn1c(=O)c2c(c3ccc(OS(N)(=O)=O)cc31)CCCCC2.Cn1c(=O)c2c(c3ccc(OS(N)(=O)=O)cc31)CCCCCC2.Cn1c(=O)c2c(c3ccc(OS(N)(=O)=O)cc31)CCCCCCC2.Cn1c(=O)c2c3c(ccc2c2ccc(OS(N)(=O)=O)cc21)CCCC3.NS(=O)(=O)Oc1ccc2c(c1)CC(=O)C=C2. The van der Waals surface area contributed by atoms with Crippen LogP contribution in [0.4, 0.5) is 0 Å². The molecule has 0 saturated carbocycles. The van der Waals surface area contributed by atoms with Crippen LogP contribution in [0.5, 0.6) is 40.2 Å². The Hall–Kier alpha value is -13.7. The number of pyridine rings is 5. The lowest BCUT2D eigenvalue weighted by atomic mass is 9.87. The summed E-state index contributed by atoms with van der Waals surface area (Å²) >= 11 is 0. The summed E-state index contributed by atoms with van der Waals surface area (Å²) < 4.78 is 194. The van der Waals surface area contributed by atoms with Gasteiger partial charge in [0.05, 0.1) is 33.0 Å². The van der Waals surface area contributed by atoms with Crippen LogP contribution in [-0.2, 0) is 181 Å². The first kappa shape index (κ1) is 111. The molecule has 47 heteroatoms. The minimum atomic E-state index is -4.11. The van der Waals surface area contributed by atoms with Crippen molar-refractivity contribution in [1.82, 2.24) is 22.8 Å². The van der Waals surface area contributed by atoms with E-state index in [4.69, 9.17) is 56.9 Å². The van der Waals surface area contributed by atoms with Crippen LogP contribution in [0, 0.1) is 0 Å². The summed E-state index contributed by atoms with van der Waals surface area (Å²) in [6.07, 6.45) is 27.7. The Morgan fingerprint density at radius 2 is 0.570 bits per heavy atom. The Labute approximate surface area is 859 Å². The van der Waals surface area contributed by atoms with Gasteiger partial charge in [0.2, 0.25) is 0 Å². The van der Waals surface area contributed by atoms with Crippen molar-refractivity contribution in [1.29, 1.82) is 0 Å². The van der Waals surface area contributed by atoms with Crippen molar-refractivity contribution in [2.45, 2.75) is 174 Å². The highest BCUT2D eigenvalue weighted by Gasteiger charge is 2.27. The van der Waals surface area contributed by atoms with Crippen molar-refractivity contribution in [3.8, 4) is 40.2 Å². The lowest BCUT2D eigenvalue weighted by molar-refractivity contribution is -0.114. The topological polar surface area (TPSA) is 630 Å². The molecule has 0 fully saturated rings. The first-order chi connectivity index (χ1) is 70.1. The van der Waals surface area contributed by atoms with Gasteiger partial charge in [0.25, 0.3) is 27.8 Å². The van der Waals surface area contributed by atoms with Crippen LogP contribution >= 0.6 is 0 Å². The second kappa shape index (κ2) is 45.8. The number of ketones is 2. The maximum atomic E-state index is 13.0. The van der Waals surface area contributed by atoms with Crippen molar-refractivity contribution < 1.29 is 97.8 Å². The molecule has 0 saturated heterocycles. The number of allylic oxidation sites excluding steroid dienone is 3. The molecule has 20 rings (SSSR count). The Bertz CT molecular complexity index is 9040. The van der Waals surface area contributed by atoms with Gasteiger partial charge in [0.1, 0.15) is 40.2 Å². The molecule has 0 bridgehead atoms. The summed E-state index contributed by atoms with van der Waals surface area (Å²) in [5.74, 6) is 0.692. The van der Waals surface area contributed by atoms with Gasteiger partial charge in [-0.2, -0.15) is 94.9 Å². The number of carbonyl (C=O) groups is 2. The molecular formula is C102H112N12O28S7. The molecule has 0 unspecified atom stereocenters. The fourth-order valence-electron chi connectivity index (χ4n) is 19.8. The van der Waals surface area contributed by atoms with E-state index in [1.807, 2.05) is 50.2 Å². The van der Waals surface area contributed by atoms with Crippen LogP contribution in [0.25, 0.3) is 87.7 Å². The van der Waals surface area contributed by atoms with Gasteiger partial charge >= 0.3 is 72.1 Å². The van der Waals surface area contributed by atoms with E-state index in [1.54, 1.807) is 142 Å². The highest BCUT2D eigenvalue weighted by Crippen LogP contribution is 2.38. The van der Waals surface area contributed by atoms with Gasteiger partial charge in [-0.1, -0.05) is 87.1 Å². The van der Waals surface area contributed by atoms with Crippen LogP contribution in [0.3, 0.4) is 0 Å². The Balaban J connectivity index is 0.000000138. The van der Waals surface area contributed by atoms with E-state index in [2.05, 4.69) is 14.4 Å². The van der Waals surface area contributed by atoms with E-state index in [0.717, 1.165) is 232 Å². The molecule has 149 heavy (non-hydrogen) atoms. The zero-order chi connectivity index (χ0) is 108. The van der Waals surface area contributed by atoms with E-state index in [-0.39, 0.29) is 92.5 Å². The molecule has 0 atom stereocenters. The highest BCUT2D eigenvalue weighted by molar-refractivity contribution is 7.86. The molecule has 0 amide bonds. The molecule has 40 nitrogen and oxygen atoms in total. The maximum absolute atomic E-state index is 13.0. The Kier molecular flexibility index (Phi) is 34.1. The van der Waals surface area contributed by atoms with Crippen LogP contribution in [0.15, 0.2) is 200 Å². The number of nitrogens with two attached hydrogens (primary N) is 7. The molecule has 6 aliphatic carbocycles. The monoisotopic (exact) mass is 2180 g/mol. The van der Waals surface area contributed by atoms with Gasteiger partial charge in [0, 0.05) is 127 Å². The van der Waals surface area contributed by atoms with Crippen LogP contribution < -0.4 is 93.1 Å². The summed E-state index contributed by atoms with van der Waals surface area (Å²) in [5, 5.41) is 41.8. The number of fused-ring (bicyclic) bond motifs is 19. The zero-order valence-corrected chi connectivity index (χ0v) is 87.8. The number of aryl methyl sites for hydroxylation is 10. The molecule has 6 aliphatic rings. The lowest BCUT2D eigenvalue weighted by Gasteiger charge is -2.19. The van der Waals surface area contributed by atoms with Crippen molar-refractivity contribution in [3.63, 3.8) is 0 Å². The third-order valence-electron chi connectivity index (χ3n) is 26.2. The van der Waals surface area contributed by atoms with Gasteiger partial charge in [-0.25, -0.2) is 0 Å². The molecule has 14 aromatic rings. The van der Waals surface area contributed by atoms with Crippen molar-refractivity contribution in [2.24, 2.45) is 64.2 Å². The van der Waals surface area contributed by atoms with Crippen LogP contribution in [-0.4, -0.2) is 93.3 Å². The van der Waals surface area contributed by atoms with E-state index >= 15 is 0 Å².